The lowest BCUT2D eigenvalue weighted by molar-refractivity contribution is -0.142. The van der Waals surface area contributed by atoms with Gasteiger partial charge in [-0.15, -0.1) is 0 Å². The standard InChI is InChI=1S/C10H19NO/c1-8(2,3)10(9(4,5)6)11-7-12-10/h7H,1-6H3. The maximum atomic E-state index is 5.56. The van der Waals surface area contributed by atoms with Crippen molar-refractivity contribution < 1.29 is 4.74 Å². The summed E-state index contributed by atoms with van der Waals surface area (Å²) < 4.78 is 5.56. The summed E-state index contributed by atoms with van der Waals surface area (Å²) in [5.41, 5.74) is -0.222. The summed E-state index contributed by atoms with van der Waals surface area (Å²) in [6, 6.07) is 0. The Bertz CT molecular complexity index is 191. The van der Waals surface area contributed by atoms with E-state index in [-0.39, 0.29) is 16.6 Å². The first-order valence-corrected chi connectivity index (χ1v) is 4.42. The van der Waals surface area contributed by atoms with Crippen LogP contribution in [0.2, 0.25) is 0 Å². The third kappa shape index (κ3) is 1.05. The predicted octanol–water partition coefficient (Wildman–Crippen LogP) is 2.83. The Balaban J connectivity index is 3.02. The van der Waals surface area contributed by atoms with Crippen molar-refractivity contribution in [1.82, 2.24) is 0 Å². The van der Waals surface area contributed by atoms with Gasteiger partial charge in [-0.25, -0.2) is 4.99 Å². The molecule has 0 saturated heterocycles. The number of hydrogen-bond donors (Lipinski definition) is 0. The average molecular weight is 169 g/mol. The molecule has 1 heterocycles. The second kappa shape index (κ2) is 2.24. The molecule has 0 radical (unpaired) electrons. The molecule has 0 atom stereocenters. The summed E-state index contributed by atoms with van der Waals surface area (Å²) in [4.78, 5) is 4.40. The molecule has 0 saturated carbocycles. The van der Waals surface area contributed by atoms with Gasteiger partial charge >= 0.3 is 0 Å². The van der Waals surface area contributed by atoms with Crippen LogP contribution in [0.5, 0.6) is 0 Å². The van der Waals surface area contributed by atoms with E-state index in [1.54, 1.807) is 6.40 Å². The van der Waals surface area contributed by atoms with Crippen LogP contribution in [0.25, 0.3) is 0 Å². The van der Waals surface area contributed by atoms with E-state index in [1.165, 1.54) is 0 Å². The van der Waals surface area contributed by atoms with E-state index in [4.69, 9.17) is 4.74 Å². The van der Waals surface area contributed by atoms with Crippen molar-refractivity contribution in [3.05, 3.63) is 0 Å². The average Bonchev–Trinajstić information content (AvgIpc) is 1.47. The zero-order valence-electron chi connectivity index (χ0n) is 8.93. The molecule has 1 rings (SSSR count). The Labute approximate surface area is 75.0 Å². The lowest BCUT2D eigenvalue weighted by Crippen LogP contribution is -2.57. The van der Waals surface area contributed by atoms with E-state index in [9.17, 15) is 0 Å². The highest BCUT2D eigenvalue weighted by atomic mass is 16.5. The highest BCUT2D eigenvalue weighted by Crippen LogP contribution is 2.50. The molecule has 0 N–H and O–H groups in total. The minimum Gasteiger partial charge on any atom is -0.455 e. The van der Waals surface area contributed by atoms with Crippen LogP contribution in [0.4, 0.5) is 0 Å². The zero-order chi connectivity index (χ0) is 9.62. The number of ether oxygens (including phenoxy) is 1. The Morgan fingerprint density at radius 2 is 1.33 bits per heavy atom. The molecular weight excluding hydrogens is 150 g/mol. The van der Waals surface area contributed by atoms with Crippen molar-refractivity contribution in [3.8, 4) is 0 Å². The summed E-state index contributed by atoms with van der Waals surface area (Å²) in [5.74, 6) is 0. The first-order valence-electron chi connectivity index (χ1n) is 4.42. The molecule has 2 heteroatoms. The van der Waals surface area contributed by atoms with Crippen LogP contribution >= 0.6 is 0 Å². The van der Waals surface area contributed by atoms with E-state index < -0.39 is 0 Å². The van der Waals surface area contributed by atoms with Gasteiger partial charge < -0.3 is 4.74 Å². The first kappa shape index (κ1) is 9.56. The number of rotatable bonds is 0. The van der Waals surface area contributed by atoms with Crippen molar-refractivity contribution in [2.45, 2.75) is 47.3 Å². The Morgan fingerprint density at radius 3 is 1.33 bits per heavy atom. The highest BCUT2D eigenvalue weighted by Gasteiger charge is 2.56. The largest absolute Gasteiger partial charge is 0.455 e. The molecular formula is C10H19NO. The van der Waals surface area contributed by atoms with Crippen molar-refractivity contribution >= 4 is 6.40 Å². The Hall–Kier alpha value is -0.530. The van der Waals surface area contributed by atoms with Crippen LogP contribution in [0.3, 0.4) is 0 Å². The monoisotopic (exact) mass is 169 g/mol. The van der Waals surface area contributed by atoms with Gasteiger partial charge in [-0.1, -0.05) is 41.5 Å². The van der Waals surface area contributed by atoms with Gasteiger partial charge in [0.15, 0.2) is 6.40 Å². The molecule has 0 aliphatic carbocycles. The minimum atomic E-state index is -0.333. The van der Waals surface area contributed by atoms with Gasteiger partial charge in [-0.05, 0) is 0 Å². The molecule has 0 unspecified atom stereocenters. The van der Waals surface area contributed by atoms with E-state index in [1.807, 2.05) is 0 Å². The summed E-state index contributed by atoms with van der Waals surface area (Å²) in [6.07, 6.45) is 1.55. The smallest absolute Gasteiger partial charge is 0.213 e. The van der Waals surface area contributed by atoms with Gasteiger partial charge in [0, 0.05) is 10.8 Å². The van der Waals surface area contributed by atoms with Gasteiger partial charge in [0.05, 0.1) is 0 Å². The van der Waals surface area contributed by atoms with Gasteiger partial charge in [0.2, 0.25) is 5.72 Å². The number of aliphatic imine (C=N–C) groups is 1. The summed E-state index contributed by atoms with van der Waals surface area (Å²) in [6.45, 7) is 13.0. The summed E-state index contributed by atoms with van der Waals surface area (Å²) in [5, 5.41) is 0. The molecule has 2 nitrogen and oxygen atoms in total. The second-order valence-corrected chi connectivity index (χ2v) is 5.50. The van der Waals surface area contributed by atoms with E-state index >= 15 is 0 Å². The third-order valence-electron chi connectivity index (χ3n) is 2.49. The Kier molecular flexibility index (Phi) is 1.78. The maximum Gasteiger partial charge on any atom is 0.213 e. The quantitative estimate of drug-likeness (QED) is 0.546. The molecule has 0 bridgehead atoms. The van der Waals surface area contributed by atoms with Crippen molar-refractivity contribution in [3.63, 3.8) is 0 Å². The molecule has 0 aromatic heterocycles. The third-order valence-corrected chi connectivity index (χ3v) is 2.49. The van der Waals surface area contributed by atoms with E-state index in [0.29, 0.717) is 0 Å². The van der Waals surface area contributed by atoms with Gasteiger partial charge in [0.25, 0.3) is 0 Å². The zero-order valence-corrected chi connectivity index (χ0v) is 8.93. The molecule has 0 fully saturated rings. The molecule has 70 valence electrons. The molecule has 0 aromatic carbocycles. The summed E-state index contributed by atoms with van der Waals surface area (Å²) >= 11 is 0. The van der Waals surface area contributed by atoms with Crippen LogP contribution < -0.4 is 0 Å². The van der Waals surface area contributed by atoms with Crippen molar-refractivity contribution in [1.29, 1.82) is 0 Å². The fraction of sp³-hybridized carbons (Fsp3) is 0.900. The van der Waals surface area contributed by atoms with E-state index in [0.717, 1.165) is 0 Å². The predicted molar refractivity (Wildman–Crippen MR) is 51.2 cm³/mol. The van der Waals surface area contributed by atoms with Crippen LogP contribution in [-0.2, 0) is 4.74 Å². The van der Waals surface area contributed by atoms with Crippen LogP contribution in [-0.4, -0.2) is 12.1 Å². The molecule has 1 aliphatic heterocycles. The van der Waals surface area contributed by atoms with Gasteiger partial charge in [0.1, 0.15) is 0 Å². The highest BCUT2D eigenvalue weighted by molar-refractivity contribution is 5.55. The van der Waals surface area contributed by atoms with Crippen LogP contribution in [0, 0.1) is 10.8 Å². The molecule has 0 aromatic rings. The normalized spacial score (nSPS) is 21.5. The molecule has 0 amide bonds. The SMILES string of the molecule is CC(C)(C)C1(C(C)(C)C)N=CO1. The van der Waals surface area contributed by atoms with E-state index in [2.05, 4.69) is 46.5 Å². The summed E-state index contributed by atoms with van der Waals surface area (Å²) in [7, 11) is 0. The Morgan fingerprint density at radius 1 is 1.00 bits per heavy atom. The van der Waals surface area contributed by atoms with Crippen molar-refractivity contribution in [2.24, 2.45) is 15.8 Å². The number of hydrogen-bond acceptors (Lipinski definition) is 2. The fourth-order valence-electron chi connectivity index (χ4n) is 2.02. The second-order valence-electron chi connectivity index (χ2n) is 5.50. The maximum absolute atomic E-state index is 5.56. The van der Waals surface area contributed by atoms with Gasteiger partial charge in [-0.2, -0.15) is 0 Å². The van der Waals surface area contributed by atoms with Crippen LogP contribution in [0.15, 0.2) is 4.99 Å². The van der Waals surface area contributed by atoms with Crippen molar-refractivity contribution in [2.75, 3.05) is 0 Å². The fourth-order valence-corrected chi connectivity index (χ4v) is 2.02. The minimum absolute atomic E-state index is 0.0556. The lowest BCUT2D eigenvalue weighted by Gasteiger charge is -2.52. The molecule has 1 aliphatic rings. The molecule has 12 heavy (non-hydrogen) atoms. The van der Waals surface area contributed by atoms with Gasteiger partial charge in [-0.3, -0.25) is 0 Å². The molecule has 0 spiro atoms. The lowest BCUT2D eigenvalue weighted by atomic mass is 9.68. The topological polar surface area (TPSA) is 21.6 Å². The van der Waals surface area contributed by atoms with Crippen LogP contribution in [0.1, 0.15) is 41.5 Å². The first-order chi connectivity index (χ1) is 5.21. The number of nitrogens with zero attached hydrogens (tertiary/aromatic N) is 1.